The van der Waals surface area contributed by atoms with Gasteiger partial charge in [-0.05, 0) is 37.3 Å². The normalized spacial score (nSPS) is 10.2. The number of hydrogen-bond acceptors (Lipinski definition) is 2. The smallest absolute Gasteiger partial charge is 0.220 e. The third-order valence-electron chi connectivity index (χ3n) is 3.11. The number of carbonyl (C=O) groups excluding carboxylic acids is 2. The number of unbranched alkanes of at least 4 members (excludes halogenated alkanes) is 1. The van der Waals surface area contributed by atoms with E-state index in [9.17, 15) is 9.59 Å². The maximum Gasteiger partial charge on any atom is 0.220 e. The first-order valence-corrected chi connectivity index (χ1v) is 7.72. The number of nitrogens with one attached hydrogen (secondary N) is 2. The van der Waals surface area contributed by atoms with Gasteiger partial charge in [0.15, 0.2) is 0 Å². The summed E-state index contributed by atoms with van der Waals surface area (Å²) in [5.74, 6) is 0.0557. The van der Waals surface area contributed by atoms with E-state index in [2.05, 4.69) is 10.6 Å². The van der Waals surface area contributed by atoms with Crippen LogP contribution in [0.5, 0.6) is 0 Å². The highest BCUT2D eigenvalue weighted by Gasteiger charge is 2.03. The molecule has 4 nitrogen and oxygen atoms in total. The minimum Gasteiger partial charge on any atom is -0.356 e. The SMILES string of the molecule is CC(=O)NCCCCNC(=O)CCCc1ccccc1Cl. The number of carbonyl (C=O) groups is 2. The fourth-order valence-corrected chi connectivity index (χ4v) is 2.20. The van der Waals surface area contributed by atoms with Crippen LogP contribution in [0.4, 0.5) is 0 Å². The molecule has 1 aromatic carbocycles. The van der Waals surface area contributed by atoms with Crippen LogP contribution in [0.2, 0.25) is 5.02 Å². The number of rotatable bonds is 9. The van der Waals surface area contributed by atoms with Crippen molar-refractivity contribution in [2.45, 2.75) is 39.0 Å². The van der Waals surface area contributed by atoms with Crippen molar-refractivity contribution in [1.82, 2.24) is 10.6 Å². The van der Waals surface area contributed by atoms with Crippen LogP contribution >= 0.6 is 11.6 Å². The second-order valence-electron chi connectivity index (χ2n) is 4.98. The van der Waals surface area contributed by atoms with Crippen molar-refractivity contribution in [1.29, 1.82) is 0 Å². The Bertz CT molecular complexity index is 463. The van der Waals surface area contributed by atoms with E-state index < -0.39 is 0 Å². The molecule has 0 unspecified atom stereocenters. The van der Waals surface area contributed by atoms with E-state index in [0.717, 1.165) is 36.3 Å². The lowest BCUT2D eigenvalue weighted by atomic mass is 10.1. The van der Waals surface area contributed by atoms with E-state index in [1.165, 1.54) is 6.92 Å². The van der Waals surface area contributed by atoms with Crippen molar-refractivity contribution in [3.8, 4) is 0 Å². The van der Waals surface area contributed by atoms with Crippen LogP contribution in [-0.4, -0.2) is 24.9 Å². The first kappa shape index (κ1) is 17.5. The van der Waals surface area contributed by atoms with E-state index >= 15 is 0 Å². The molecule has 0 aliphatic rings. The molecule has 21 heavy (non-hydrogen) atoms. The third-order valence-corrected chi connectivity index (χ3v) is 3.48. The maximum absolute atomic E-state index is 11.6. The number of benzene rings is 1. The van der Waals surface area contributed by atoms with Crippen molar-refractivity contribution < 1.29 is 9.59 Å². The standard InChI is InChI=1S/C16H23ClN2O2/c1-13(20)18-11-4-5-12-19-16(21)10-6-8-14-7-2-3-9-15(14)17/h2-3,7,9H,4-6,8,10-12H2,1H3,(H,18,20)(H,19,21). The number of halogens is 1. The zero-order chi connectivity index (χ0) is 15.5. The average Bonchev–Trinajstić information content (AvgIpc) is 2.44. The Morgan fingerprint density at radius 1 is 1.05 bits per heavy atom. The molecule has 0 aliphatic carbocycles. The van der Waals surface area contributed by atoms with E-state index in [1.807, 2.05) is 24.3 Å². The van der Waals surface area contributed by atoms with Crippen LogP contribution in [0.15, 0.2) is 24.3 Å². The lowest BCUT2D eigenvalue weighted by molar-refractivity contribution is -0.121. The topological polar surface area (TPSA) is 58.2 Å². The second-order valence-corrected chi connectivity index (χ2v) is 5.39. The predicted molar refractivity (Wildman–Crippen MR) is 85.3 cm³/mol. The van der Waals surface area contributed by atoms with E-state index in [0.29, 0.717) is 19.5 Å². The van der Waals surface area contributed by atoms with Gasteiger partial charge in [0, 0.05) is 31.5 Å². The van der Waals surface area contributed by atoms with Gasteiger partial charge in [0.1, 0.15) is 0 Å². The fourth-order valence-electron chi connectivity index (χ4n) is 1.97. The molecule has 0 aromatic heterocycles. The van der Waals surface area contributed by atoms with Crippen molar-refractivity contribution in [3.05, 3.63) is 34.9 Å². The van der Waals surface area contributed by atoms with Crippen LogP contribution < -0.4 is 10.6 Å². The molecular formula is C16H23ClN2O2. The zero-order valence-corrected chi connectivity index (χ0v) is 13.2. The molecule has 0 radical (unpaired) electrons. The van der Waals surface area contributed by atoms with Gasteiger partial charge in [-0.1, -0.05) is 29.8 Å². The molecule has 0 aliphatic heterocycles. The molecule has 2 amide bonds. The Labute approximate surface area is 131 Å². The summed E-state index contributed by atoms with van der Waals surface area (Å²) in [6.07, 6.45) is 3.87. The summed E-state index contributed by atoms with van der Waals surface area (Å²) in [5.41, 5.74) is 1.09. The molecule has 0 bridgehead atoms. The lowest BCUT2D eigenvalue weighted by Gasteiger charge is -2.06. The summed E-state index contributed by atoms with van der Waals surface area (Å²) < 4.78 is 0. The lowest BCUT2D eigenvalue weighted by Crippen LogP contribution is -2.26. The Balaban J connectivity index is 2.04. The van der Waals surface area contributed by atoms with Crippen molar-refractivity contribution in [2.24, 2.45) is 0 Å². The van der Waals surface area contributed by atoms with Gasteiger partial charge in [0.25, 0.3) is 0 Å². The van der Waals surface area contributed by atoms with Gasteiger partial charge in [-0.15, -0.1) is 0 Å². The highest BCUT2D eigenvalue weighted by atomic mass is 35.5. The summed E-state index contributed by atoms with van der Waals surface area (Å²) in [6, 6.07) is 7.71. The van der Waals surface area contributed by atoms with Crippen molar-refractivity contribution >= 4 is 23.4 Å². The van der Waals surface area contributed by atoms with Crippen LogP contribution in [0, 0.1) is 0 Å². The minimum absolute atomic E-state index is 0.0152. The highest BCUT2D eigenvalue weighted by molar-refractivity contribution is 6.31. The Hall–Kier alpha value is -1.55. The van der Waals surface area contributed by atoms with Gasteiger partial charge in [0.2, 0.25) is 11.8 Å². The molecule has 116 valence electrons. The van der Waals surface area contributed by atoms with Crippen molar-refractivity contribution in [3.63, 3.8) is 0 Å². The first-order chi connectivity index (χ1) is 10.1. The van der Waals surface area contributed by atoms with Crippen LogP contribution in [0.1, 0.15) is 38.2 Å². The third kappa shape index (κ3) is 8.35. The minimum atomic E-state index is -0.0152. The predicted octanol–water partition coefficient (Wildman–Crippen LogP) is 2.70. The maximum atomic E-state index is 11.6. The van der Waals surface area contributed by atoms with Gasteiger partial charge >= 0.3 is 0 Å². The van der Waals surface area contributed by atoms with E-state index in [-0.39, 0.29) is 11.8 Å². The molecule has 0 saturated heterocycles. The van der Waals surface area contributed by atoms with Gasteiger partial charge < -0.3 is 10.6 Å². The first-order valence-electron chi connectivity index (χ1n) is 7.34. The summed E-state index contributed by atoms with van der Waals surface area (Å²) in [7, 11) is 0. The van der Waals surface area contributed by atoms with Crippen LogP contribution in [-0.2, 0) is 16.0 Å². The summed E-state index contributed by atoms with van der Waals surface area (Å²) in [5, 5.41) is 6.37. The molecule has 0 atom stereocenters. The number of hydrogen-bond donors (Lipinski definition) is 2. The van der Waals surface area contributed by atoms with Gasteiger partial charge in [-0.2, -0.15) is 0 Å². The number of aryl methyl sites for hydroxylation is 1. The van der Waals surface area contributed by atoms with Gasteiger partial charge in [0.05, 0.1) is 0 Å². The molecule has 2 N–H and O–H groups in total. The molecule has 5 heteroatoms. The molecule has 0 fully saturated rings. The Morgan fingerprint density at radius 2 is 1.71 bits per heavy atom. The monoisotopic (exact) mass is 310 g/mol. The average molecular weight is 311 g/mol. The Morgan fingerprint density at radius 3 is 2.38 bits per heavy atom. The molecule has 0 spiro atoms. The quantitative estimate of drug-likeness (QED) is 0.689. The molecule has 1 aromatic rings. The number of amides is 2. The van der Waals surface area contributed by atoms with E-state index in [1.54, 1.807) is 0 Å². The van der Waals surface area contributed by atoms with Gasteiger partial charge in [-0.3, -0.25) is 9.59 Å². The van der Waals surface area contributed by atoms with Crippen LogP contribution in [0.3, 0.4) is 0 Å². The fraction of sp³-hybridized carbons (Fsp3) is 0.500. The van der Waals surface area contributed by atoms with Gasteiger partial charge in [-0.25, -0.2) is 0 Å². The van der Waals surface area contributed by atoms with E-state index in [4.69, 9.17) is 11.6 Å². The molecule has 0 heterocycles. The summed E-state index contributed by atoms with van der Waals surface area (Å²) in [6.45, 7) is 2.82. The summed E-state index contributed by atoms with van der Waals surface area (Å²) >= 11 is 6.06. The van der Waals surface area contributed by atoms with Crippen molar-refractivity contribution in [2.75, 3.05) is 13.1 Å². The summed E-state index contributed by atoms with van der Waals surface area (Å²) in [4.78, 5) is 22.3. The zero-order valence-electron chi connectivity index (χ0n) is 12.5. The largest absolute Gasteiger partial charge is 0.356 e. The Kier molecular flexibility index (Phi) is 8.51. The molecule has 0 saturated carbocycles. The van der Waals surface area contributed by atoms with Crippen LogP contribution in [0.25, 0.3) is 0 Å². The molecular weight excluding hydrogens is 288 g/mol. The second kappa shape index (κ2) is 10.2. The highest BCUT2D eigenvalue weighted by Crippen LogP contribution is 2.16. The molecule has 1 rings (SSSR count).